The molecule has 0 radical (unpaired) electrons. The van der Waals surface area contributed by atoms with Crippen LogP contribution in [0.15, 0.2) is 30.3 Å². The summed E-state index contributed by atoms with van der Waals surface area (Å²) in [6.07, 6.45) is 5.24. The van der Waals surface area contributed by atoms with Crippen LogP contribution >= 0.6 is 0 Å². The second-order valence-electron chi connectivity index (χ2n) is 7.32. The van der Waals surface area contributed by atoms with Gasteiger partial charge in [-0.25, -0.2) is 0 Å². The second-order valence-corrected chi connectivity index (χ2v) is 7.32. The van der Waals surface area contributed by atoms with Gasteiger partial charge in [0.05, 0.1) is 5.92 Å². The molecule has 0 bridgehead atoms. The van der Waals surface area contributed by atoms with Crippen molar-refractivity contribution >= 4 is 11.8 Å². The zero-order valence-corrected chi connectivity index (χ0v) is 14.6. The van der Waals surface area contributed by atoms with Crippen molar-refractivity contribution in [1.29, 1.82) is 0 Å². The summed E-state index contributed by atoms with van der Waals surface area (Å²) in [4.78, 5) is 29.5. The van der Waals surface area contributed by atoms with E-state index in [-0.39, 0.29) is 17.7 Å². The Morgan fingerprint density at radius 3 is 2.42 bits per heavy atom. The van der Waals surface area contributed by atoms with E-state index >= 15 is 0 Å². The average molecular weight is 328 g/mol. The first kappa shape index (κ1) is 17.0. The molecule has 2 unspecified atom stereocenters. The van der Waals surface area contributed by atoms with Crippen molar-refractivity contribution in [2.45, 2.75) is 39.0 Å². The van der Waals surface area contributed by atoms with Gasteiger partial charge >= 0.3 is 0 Å². The third-order valence-electron chi connectivity index (χ3n) is 5.41. The van der Waals surface area contributed by atoms with Gasteiger partial charge in [0.15, 0.2) is 0 Å². The minimum atomic E-state index is -0.0279. The van der Waals surface area contributed by atoms with E-state index in [9.17, 15) is 9.59 Å². The van der Waals surface area contributed by atoms with Crippen molar-refractivity contribution in [2.75, 3.05) is 26.2 Å². The fraction of sp³-hybridized carbons (Fsp3) is 0.600. The molecule has 2 fully saturated rings. The van der Waals surface area contributed by atoms with Crippen molar-refractivity contribution in [1.82, 2.24) is 9.80 Å². The Morgan fingerprint density at radius 2 is 1.62 bits per heavy atom. The van der Waals surface area contributed by atoms with E-state index in [0.29, 0.717) is 18.0 Å². The lowest BCUT2D eigenvalue weighted by Gasteiger charge is -2.35. The van der Waals surface area contributed by atoms with Crippen LogP contribution in [0.5, 0.6) is 0 Å². The maximum Gasteiger partial charge on any atom is 0.253 e. The third-order valence-corrected chi connectivity index (χ3v) is 5.41. The van der Waals surface area contributed by atoms with Gasteiger partial charge < -0.3 is 9.80 Å². The molecule has 24 heavy (non-hydrogen) atoms. The zero-order chi connectivity index (χ0) is 16.9. The lowest BCUT2D eigenvalue weighted by molar-refractivity contribution is -0.136. The summed E-state index contributed by atoms with van der Waals surface area (Å²) in [5.41, 5.74) is 0.717. The summed E-state index contributed by atoms with van der Waals surface area (Å²) in [7, 11) is 0. The molecule has 1 aromatic carbocycles. The molecule has 1 aromatic rings. The minimum absolute atomic E-state index is 0.0279. The summed E-state index contributed by atoms with van der Waals surface area (Å²) in [6.45, 7) is 5.36. The number of carbonyl (C=O) groups is 2. The van der Waals surface area contributed by atoms with E-state index < -0.39 is 0 Å². The first-order valence-electron chi connectivity index (χ1n) is 9.28. The fourth-order valence-electron chi connectivity index (χ4n) is 3.87. The van der Waals surface area contributed by atoms with Gasteiger partial charge in [0, 0.05) is 31.7 Å². The van der Waals surface area contributed by atoms with Gasteiger partial charge in [-0.05, 0) is 50.2 Å². The number of likely N-dealkylation sites (tertiary alicyclic amines) is 2. The number of amides is 2. The third kappa shape index (κ3) is 3.97. The Labute approximate surface area is 144 Å². The number of nitrogens with zero attached hydrogens (tertiary/aromatic N) is 2. The Bertz CT molecular complexity index is 572. The smallest absolute Gasteiger partial charge is 0.253 e. The van der Waals surface area contributed by atoms with Crippen LogP contribution in [0.25, 0.3) is 0 Å². The van der Waals surface area contributed by atoms with Gasteiger partial charge in [0.25, 0.3) is 5.91 Å². The molecule has 0 aliphatic carbocycles. The van der Waals surface area contributed by atoms with Crippen LogP contribution in [0.1, 0.15) is 49.4 Å². The molecular weight excluding hydrogens is 300 g/mol. The maximum absolute atomic E-state index is 12.9. The standard InChI is InChI=1S/C20H28N2O2/c1-16-7-5-12-21(14-11-16)20(24)18-10-6-13-22(15-18)19(23)17-8-3-2-4-9-17/h2-4,8-9,16,18H,5-7,10-15H2,1H3. The van der Waals surface area contributed by atoms with Crippen molar-refractivity contribution in [2.24, 2.45) is 11.8 Å². The van der Waals surface area contributed by atoms with Crippen LogP contribution in [0.4, 0.5) is 0 Å². The maximum atomic E-state index is 12.9. The molecule has 4 nitrogen and oxygen atoms in total. The first-order chi connectivity index (χ1) is 11.6. The molecule has 130 valence electrons. The lowest BCUT2D eigenvalue weighted by atomic mass is 9.95. The Balaban J connectivity index is 1.62. The predicted octanol–water partition coefficient (Wildman–Crippen LogP) is 3.19. The summed E-state index contributed by atoms with van der Waals surface area (Å²) in [5.74, 6) is 0.998. The van der Waals surface area contributed by atoms with E-state index in [2.05, 4.69) is 6.92 Å². The number of hydrogen-bond donors (Lipinski definition) is 0. The molecule has 0 spiro atoms. The summed E-state index contributed by atoms with van der Waals surface area (Å²) in [6, 6.07) is 9.39. The molecule has 2 amide bonds. The van der Waals surface area contributed by atoms with Crippen molar-refractivity contribution in [3.8, 4) is 0 Å². The first-order valence-corrected chi connectivity index (χ1v) is 9.28. The highest BCUT2D eigenvalue weighted by atomic mass is 16.2. The molecule has 3 rings (SSSR count). The van der Waals surface area contributed by atoms with E-state index in [1.807, 2.05) is 40.1 Å². The predicted molar refractivity (Wildman–Crippen MR) is 94.7 cm³/mol. The SMILES string of the molecule is CC1CCCN(C(=O)C2CCCN(C(=O)c3ccccc3)C2)CC1. The fourth-order valence-corrected chi connectivity index (χ4v) is 3.87. The van der Waals surface area contributed by atoms with E-state index in [1.54, 1.807) is 0 Å². The number of hydrogen-bond acceptors (Lipinski definition) is 2. The van der Waals surface area contributed by atoms with Crippen molar-refractivity contribution in [3.05, 3.63) is 35.9 Å². The number of rotatable bonds is 2. The van der Waals surface area contributed by atoms with Gasteiger partial charge in [-0.15, -0.1) is 0 Å². The molecule has 0 N–H and O–H groups in total. The Hall–Kier alpha value is -1.84. The van der Waals surface area contributed by atoms with Gasteiger partial charge in [0.2, 0.25) is 5.91 Å². The largest absolute Gasteiger partial charge is 0.342 e. The molecular formula is C20H28N2O2. The zero-order valence-electron chi connectivity index (χ0n) is 14.6. The average Bonchev–Trinajstić information content (AvgIpc) is 2.86. The molecule has 2 aliphatic rings. The lowest BCUT2D eigenvalue weighted by Crippen LogP contribution is -2.47. The molecule has 4 heteroatoms. The summed E-state index contributed by atoms with van der Waals surface area (Å²) >= 11 is 0. The highest BCUT2D eigenvalue weighted by molar-refractivity contribution is 5.94. The molecule has 2 atom stereocenters. The van der Waals surface area contributed by atoms with Crippen LogP contribution in [0.2, 0.25) is 0 Å². The van der Waals surface area contributed by atoms with Gasteiger partial charge in [-0.1, -0.05) is 25.1 Å². The molecule has 2 saturated heterocycles. The van der Waals surface area contributed by atoms with E-state index in [0.717, 1.165) is 45.3 Å². The number of benzene rings is 1. The molecule has 0 aromatic heterocycles. The van der Waals surface area contributed by atoms with Crippen LogP contribution < -0.4 is 0 Å². The topological polar surface area (TPSA) is 40.6 Å². The van der Waals surface area contributed by atoms with Crippen LogP contribution in [-0.2, 0) is 4.79 Å². The summed E-state index contributed by atoms with van der Waals surface area (Å²) < 4.78 is 0. The monoisotopic (exact) mass is 328 g/mol. The Kier molecular flexibility index (Phi) is 5.54. The van der Waals surface area contributed by atoms with E-state index in [1.165, 1.54) is 6.42 Å². The minimum Gasteiger partial charge on any atom is -0.342 e. The molecule has 2 aliphatic heterocycles. The van der Waals surface area contributed by atoms with E-state index in [4.69, 9.17) is 0 Å². The van der Waals surface area contributed by atoms with Gasteiger partial charge in [-0.3, -0.25) is 9.59 Å². The molecule has 2 heterocycles. The van der Waals surface area contributed by atoms with Crippen molar-refractivity contribution < 1.29 is 9.59 Å². The number of carbonyl (C=O) groups excluding carboxylic acids is 2. The Morgan fingerprint density at radius 1 is 0.917 bits per heavy atom. The number of piperidine rings is 1. The second kappa shape index (κ2) is 7.82. The van der Waals surface area contributed by atoms with Gasteiger partial charge in [0.1, 0.15) is 0 Å². The quantitative estimate of drug-likeness (QED) is 0.836. The molecule has 0 saturated carbocycles. The van der Waals surface area contributed by atoms with Gasteiger partial charge in [-0.2, -0.15) is 0 Å². The normalized spacial score (nSPS) is 25.2. The van der Waals surface area contributed by atoms with Crippen LogP contribution in [0.3, 0.4) is 0 Å². The summed E-state index contributed by atoms with van der Waals surface area (Å²) in [5, 5.41) is 0. The highest BCUT2D eigenvalue weighted by Crippen LogP contribution is 2.23. The van der Waals surface area contributed by atoms with Crippen LogP contribution in [0, 0.1) is 11.8 Å². The van der Waals surface area contributed by atoms with Crippen molar-refractivity contribution in [3.63, 3.8) is 0 Å². The highest BCUT2D eigenvalue weighted by Gasteiger charge is 2.32. The van der Waals surface area contributed by atoms with Crippen LogP contribution in [-0.4, -0.2) is 47.8 Å².